The van der Waals surface area contributed by atoms with Crippen molar-refractivity contribution in [3.05, 3.63) is 34.9 Å². The third kappa shape index (κ3) is 4.78. The van der Waals surface area contributed by atoms with E-state index in [1.54, 1.807) is 0 Å². The number of benzene rings is 1. The molecule has 0 aliphatic rings. The van der Waals surface area contributed by atoms with E-state index >= 15 is 0 Å². The number of rotatable bonds is 4. The molecule has 1 rings (SSSR count). The summed E-state index contributed by atoms with van der Waals surface area (Å²) >= 11 is 5.67. The molecule has 1 aromatic carbocycles. The van der Waals surface area contributed by atoms with Crippen LogP contribution >= 0.6 is 11.6 Å². The first-order valence-electron chi connectivity index (χ1n) is 5.05. The minimum absolute atomic E-state index is 0.294. The fourth-order valence-electron chi connectivity index (χ4n) is 1.34. The second kappa shape index (κ2) is 5.92. The standard InChI is InChI=1S/C11H9ClF3NO3/c12-7-3-1-2-6(4-7)5-8(9(17)18)16-10(19)11(13,14)15/h1-4,8H,5H2,(H,16,19)(H,17,18). The second-order valence-electron chi connectivity index (χ2n) is 3.70. The number of carboxylic acids is 1. The van der Waals surface area contributed by atoms with Crippen molar-refractivity contribution in [1.29, 1.82) is 0 Å². The molecule has 1 amide bonds. The number of aliphatic carboxylic acids is 1. The predicted octanol–water partition coefficient (Wildman–Crippen LogP) is 2.01. The highest BCUT2D eigenvalue weighted by atomic mass is 35.5. The highest BCUT2D eigenvalue weighted by Crippen LogP contribution is 2.16. The lowest BCUT2D eigenvalue weighted by molar-refractivity contribution is -0.175. The number of carbonyl (C=O) groups excluding carboxylic acids is 1. The Labute approximate surface area is 111 Å². The monoisotopic (exact) mass is 295 g/mol. The van der Waals surface area contributed by atoms with E-state index in [1.807, 2.05) is 0 Å². The predicted molar refractivity (Wildman–Crippen MR) is 60.8 cm³/mol. The summed E-state index contributed by atoms with van der Waals surface area (Å²) in [5.74, 6) is -3.85. The Morgan fingerprint density at radius 1 is 1.37 bits per heavy atom. The van der Waals surface area contributed by atoms with Crippen molar-refractivity contribution in [2.75, 3.05) is 0 Å². The van der Waals surface area contributed by atoms with Gasteiger partial charge in [-0.25, -0.2) is 4.79 Å². The maximum absolute atomic E-state index is 12.0. The smallest absolute Gasteiger partial charge is 0.471 e. The lowest BCUT2D eigenvalue weighted by Gasteiger charge is -2.15. The molecule has 0 radical (unpaired) electrons. The third-order valence-corrected chi connectivity index (χ3v) is 2.42. The zero-order chi connectivity index (χ0) is 14.6. The molecule has 0 aliphatic carbocycles. The Hall–Kier alpha value is -1.76. The minimum atomic E-state index is -5.12. The molecule has 0 saturated heterocycles. The fourth-order valence-corrected chi connectivity index (χ4v) is 1.55. The van der Waals surface area contributed by atoms with Gasteiger partial charge >= 0.3 is 18.1 Å². The summed E-state index contributed by atoms with van der Waals surface area (Å²) in [6.45, 7) is 0. The topological polar surface area (TPSA) is 66.4 Å². The van der Waals surface area contributed by atoms with Crippen LogP contribution in [0.1, 0.15) is 5.56 Å². The van der Waals surface area contributed by atoms with E-state index in [0.717, 1.165) is 0 Å². The summed E-state index contributed by atoms with van der Waals surface area (Å²) < 4.78 is 36.1. The molecule has 0 heterocycles. The highest BCUT2D eigenvalue weighted by molar-refractivity contribution is 6.30. The third-order valence-electron chi connectivity index (χ3n) is 2.19. The number of alkyl halides is 3. The van der Waals surface area contributed by atoms with Gasteiger partial charge in [-0.3, -0.25) is 4.79 Å². The molecule has 0 aromatic heterocycles. The molecule has 1 unspecified atom stereocenters. The van der Waals surface area contributed by atoms with E-state index in [9.17, 15) is 22.8 Å². The maximum Gasteiger partial charge on any atom is 0.471 e. The summed E-state index contributed by atoms with van der Waals surface area (Å²) in [4.78, 5) is 21.5. The first kappa shape index (κ1) is 15.3. The summed E-state index contributed by atoms with van der Waals surface area (Å²) in [5.41, 5.74) is 0.405. The van der Waals surface area contributed by atoms with Crippen molar-refractivity contribution in [2.24, 2.45) is 0 Å². The molecule has 2 N–H and O–H groups in total. The van der Waals surface area contributed by atoms with Gasteiger partial charge < -0.3 is 10.4 Å². The van der Waals surface area contributed by atoms with Gasteiger partial charge in [0.2, 0.25) is 0 Å². The Morgan fingerprint density at radius 2 is 2.00 bits per heavy atom. The molecule has 0 fully saturated rings. The first-order chi connectivity index (χ1) is 8.70. The number of amides is 1. The van der Waals surface area contributed by atoms with Crippen LogP contribution in [-0.2, 0) is 16.0 Å². The number of halogens is 4. The number of carbonyl (C=O) groups is 2. The molecule has 19 heavy (non-hydrogen) atoms. The molecule has 0 saturated carbocycles. The molecule has 0 spiro atoms. The lowest BCUT2D eigenvalue weighted by Crippen LogP contribution is -2.47. The maximum atomic E-state index is 12.0. The number of hydrogen-bond donors (Lipinski definition) is 2. The van der Waals surface area contributed by atoms with Gasteiger partial charge in [0, 0.05) is 11.4 Å². The van der Waals surface area contributed by atoms with Crippen LogP contribution in [0.15, 0.2) is 24.3 Å². The Morgan fingerprint density at radius 3 is 2.47 bits per heavy atom. The van der Waals surface area contributed by atoms with Gasteiger partial charge in [0.1, 0.15) is 6.04 Å². The van der Waals surface area contributed by atoms with Crippen molar-refractivity contribution in [1.82, 2.24) is 5.32 Å². The zero-order valence-electron chi connectivity index (χ0n) is 9.37. The van der Waals surface area contributed by atoms with Gasteiger partial charge in [0.25, 0.3) is 0 Å². The van der Waals surface area contributed by atoms with Crippen molar-refractivity contribution in [3.63, 3.8) is 0 Å². The molecular weight excluding hydrogens is 287 g/mol. The van der Waals surface area contributed by atoms with E-state index in [2.05, 4.69) is 0 Å². The van der Waals surface area contributed by atoms with Crippen LogP contribution in [-0.4, -0.2) is 29.2 Å². The van der Waals surface area contributed by atoms with Crippen molar-refractivity contribution >= 4 is 23.5 Å². The largest absolute Gasteiger partial charge is 0.480 e. The average molecular weight is 296 g/mol. The lowest BCUT2D eigenvalue weighted by atomic mass is 10.1. The van der Waals surface area contributed by atoms with Gasteiger partial charge in [0.15, 0.2) is 0 Å². The normalized spacial score (nSPS) is 12.8. The fraction of sp³-hybridized carbons (Fsp3) is 0.273. The van der Waals surface area contributed by atoms with Crippen LogP contribution < -0.4 is 5.32 Å². The molecule has 1 aromatic rings. The van der Waals surface area contributed by atoms with Gasteiger partial charge in [-0.05, 0) is 17.7 Å². The van der Waals surface area contributed by atoms with Gasteiger partial charge in [-0.15, -0.1) is 0 Å². The van der Waals surface area contributed by atoms with Crippen molar-refractivity contribution in [2.45, 2.75) is 18.6 Å². The van der Waals surface area contributed by atoms with E-state index in [1.165, 1.54) is 29.6 Å². The van der Waals surface area contributed by atoms with Crippen molar-refractivity contribution < 1.29 is 27.9 Å². The minimum Gasteiger partial charge on any atom is -0.480 e. The Kier molecular flexibility index (Phi) is 4.77. The van der Waals surface area contributed by atoms with E-state index in [4.69, 9.17) is 16.7 Å². The Bertz CT molecular complexity index is 490. The van der Waals surface area contributed by atoms with Crippen molar-refractivity contribution in [3.8, 4) is 0 Å². The second-order valence-corrected chi connectivity index (χ2v) is 4.13. The summed E-state index contributed by atoms with van der Waals surface area (Å²) in [7, 11) is 0. The molecule has 1 atom stereocenters. The molecule has 4 nitrogen and oxygen atoms in total. The highest BCUT2D eigenvalue weighted by Gasteiger charge is 2.40. The van der Waals surface area contributed by atoms with E-state index in [0.29, 0.717) is 10.6 Å². The summed E-state index contributed by atoms with van der Waals surface area (Å²) in [6.07, 6.45) is -5.42. The van der Waals surface area contributed by atoms with Crippen LogP contribution in [0, 0.1) is 0 Å². The molecule has 0 bridgehead atoms. The number of nitrogens with one attached hydrogen (secondary N) is 1. The molecule has 104 valence electrons. The van der Waals surface area contributed by atoms with Crippen LogP contribution in [0.4, 0.5) is 13.2 Å². The first-order valence-corrected chi connectivity index (χ1v) is 5.43. The summed E-state index contributed by atoms with van der Waals surface area (Å²) in [5, 5.41) is 10.5. The van der Waals surface area contributed by atoms with Gasteiger partial charge in [-0.2, -0.15) is 13.2 Å². The van der Waals surface area contributed by atoms with E-state index < -0.39 is 24.1 Å². The number of hydrogen-bond acceptors (Lipinski definition) is 2. The average Bonchev–Trinajstić information content (AvgIpc) is 2.26. The molecule has 8 heteroatoms. The zero-order valence-corrected chi connectivity index (χ0v) is 10.1. The molecule has 0 aliphatic heterocycles. The quantitative estimate of drug-likeness (QED) is 0.893. The Balaban J connectivity index is 2.80. The molecular formula is C11H9ClF3NO3. The van der Waals surface area contributed by atoms with Crippen LogP contribution in [0.2, 0.25) is 5.02 Å². The SMILES string of the molecule is O=C(O)C(Cc1cccc(Cl)c1)NC(=O)C(F)(F)F. The van der Waals surface area contributed by atoms with Gasteiger partial charge in [0.05, 0.1) is 0 Å². The van der Waals surface area contributed by atoms with Crippen LogP contribution in [0.25, 0.3) is 0 Å². The van der Waals surface area contributed by atoms with Crippen LogP contribution in [0.5, 0.6) is 0 Å². The summed E-state index contributed by atoms with van der Waals surface area (Å²) in [6, 6.07) is 4.31. The van der Waals surface area contributed by atoms with Crippen LogP contribution in [0.3, 0.4) is 0 Å². The number of carboxylic acid groups (broad SMARTS) is 1. The van der Waals surface area contributed by atoms with E-state index in [-0.39, 0.29) is 6.42 Å². The van der Waals surface area contributed by atoms with Gasteiger partial charge in [-0.1, -0.05) is 23.7 Å².